The van der Waals surface area contributed by atoms with Crippen molar-refractivity contribution in [3.8, 4) is 0 Å². The molecule has 0 bridgehead atoms. The summed E-state index contributed by atoms with van der Waals surface area (Å²) in [7, 11) is 1.64. The lowest BCUT2D eigenvalue weighted by Crippen LogP contribution is -2.28. The van der Waals surface area contributed by atoms with Gasteiger partial charge in [0.2, 0.25) is 5.91 Å². The van der Waals surface area contributed by atoms with Crippen LogP contribution in [0.1, 0.15) is 38.7 Å². The van der Waals surface area contributed by atoms with Gasteiger partial charge in [0.25, 0.3) is 0 Å². The number of nitrogens with one attached hydrogen (secondary N) is 1. The maximum absolute atomic E-state index is 11.7. The molecule has 0 radical (unpaired) electrons. The number of carboxylic acid groups (broad SMARTS) is 1. The first-order valence-electron chi connectivity index (χ1n) is 7.00. The minimum atomic E-state index is -0.942. The fraction of sp³-hybridized carbons (Fsp3) is 0.500. The fourth-order valence-electron chi connectivity index (χ4n) is 1.85. The molecule has 21 heavy (non-hydrogen) atoms. The first-order chi connectivity index (χ1) is 9.87. The van der Waals surface area contributed by atoms with Crippen molar-refractivity contribution < 1.29 is 19.4 Å². The first kappa shape index (κ1) is 17.2. The Hall–Kier alpha value is -1.88. The second kappa shape index (κ2) is 7.78. The number of carbonyl (C=O) groups is 2. The molecule has 0 aliphatic carbocycles. The average molecular weight is 293 g/mol. The maximum Gasteiger partial charge on any atom is 0.313 e. The molecule has 5 nitrogen and oxygen atoms in total. The van der Waals surface area contributed by atoms with Crippen LogP contribution in [0.2, 0.25) is 0 Å². The van der Waals surface area contributed by atoms with E-state index in [-0.39, 0.29) is 5.91 Å². The van der Waals surface area contributed by atoms with E-state index in [1.54, 1.807) is 45.2 Å². The van der Waals surface area contributed by atoms with Gasteiger partial charge < -0.3 is 15.2 Å². The summed E-state index contributed by atoms with van der Waals surface area (Å²) in [5, 5.41) is 12.0. The van der Waals surface area contributed by atoms with Crippen molar-refractivity contribution in [2.24, 2.45) is 0 Å². The molecule has 0 fully saturated rings. The molecule has 0 saturated carbocycles. The SMILES string of the molecule is COCCCCC(=O)Nc1ccc(C(C)(C)C(=O)O)cc1. The van der Waals surface area contributed by atoms with E-state index in [9.17, 15) is 14.7 Å². The molecule has 0 saturated heterocycles. The summed E-state index contributed by atoms with van der Waals surface area (Å²) in [6, 6.07) is 6.92. The molecule has 0 aliphatic rings. The average Bonchev–Trinajstić information content (AvgIpc) is 2.44. The van der Waals surface area contributed by atoms with Crippen molar-refractivity contribution in [3.63, 3.8) is 0 Å². The number of anilines is 1. The predicted octanol–water partition coefficient (Wildman–Crippen LogP) is 2.80. The highest BCUT2D eigenvalue weighted by Crippen LogP contribution is 2.24. The van der Waals surface area contributed by atoms with Gasteiger partial charge in [0.05, 0.1) is 5.41 Å². The molecule has 0 atom stereocenters. The van der Waals surface area contributed by atoms with E-state index < -0.39 is 11.4 Å². The predicted molar refractivity (Wildman–Crippen MR) is 81.5 cm³/mol. The summed E-state index contributed by atoms with van der Waals surface area (Å²) in [6.07, 6.45) is 2.09. The van der Waals surface area contributed by atoms with E-state index in [0.717, 1.165) is 12.8 Å². The number of ether oxygens (including phenoxy) is 1. The van der Waals surface area contributed by atoms with Gasteiger partial charge in [-0.15, -0.1) is 0 Å². The van der Waals surface area contributed by atoms with Crippen LogP contribution in [-0.2, 0) is 19.7 Å². The molecule has 5 heteroatoms. The Labute approximate surface area is 125 Å². The summed E-state index contributed by atoms with van der Waals surface area (Å²) in [5.74, 6) is -0.922. The van der Waals surface area contributed by atoms with Gasteiger partial charge in [0.1, 0.15) is 0 Å². The zero-order chi connectivity index (χ0) is 15.9. The highest BCUT2D eigenvalue weighted by Gasteiger charge is 2.29. The quantitative estimate of drug-likeness (QED) is 0.723. The van der Waals surface area contributed by atoms with Crippen LogP contribution < -0.4 is 5.32 Å². The van der Waals surface area contributed by atoms with Crippen molar-refractivity contribution in [1.82, 2.24) is 0 Å². The van der Waals surface area contributed by atoms with E-state index in [0.29, 0.717) is 24.3 Å². The van der Waals surface area contributed by atoms with E-state index in [1.807, 2.05) is 0 Å². The van der Waals surface area contributed by atoms with Gasteiger partial charge in [-0.2, -0.15) is 0 Å². The van der Waals surface area contributed by atoms with Crippen LogP contribution in [0.3, 0.4) is 0 Å². The second-order valence-electron chi connectivity index (χ2n) is 5.51. The Morgan fingerprint density at radius 3 is 2.33 bits per heavy atom. The molecule has 116 valence electrons. The van der Waals surface area contributed by atoms with E-state index >= 15 is 0 Å². The van der Waals surface area contributed by atoms with Crippen molar-refractivity contribution in [2.75, 3.05) is 19.0 Å². The number of methoxy groups -OCH3 is 1. The molecular formula is C16H23NO4. The third-order valence-electron chi connectivity index (χ3n) is 3.43. The molecule has 1 amide bonds. The van der Waals surface area contributed by atoms with Gasteiger partial charge in [-0.3, -0.25) is 9.59 Å². The summed E-state index contributed by atoms with van der Waals surface area (Å²) in [6.45, 7) is 3.96. The van der Waals surface area contributed by atoms with E-state index in [2.05, 4.69) is 5.32 Å². The van der Waals surface area contributed by atoms with Crippen LogP contribution >= 0.6 is 0 Å². The standard InChI is InChI=1S/C16H23NO4/c1-16(2,15(19)20)12-7-9-13(10-8-12)17-14(18)6-4-5-11-21-3/h7-10H,4-6,11H2,1-3H3,(H,17,18)(H,19,20). The Kier molecular flexibility index (Phi) is 6.37. The Morgan fingerprint density at radius 2 is 1.81 bits per heavy atom. The summed E-state index contributed by atoms with van der Waals surface area (Å²) < 4.78 is 4.93. The summed E-state index contributed by atoms with van der Waals surface area (Å²) in [5.41, 5.74) is 0.438. The van der Waals surface area contributed by atoms with Gasteiger partial charge in [-0.25, -0.2) is 0 Å². The lowest BCUT2D eigenvalue weighted by molar-refractivity contribution is -0.142. The monoisotopic (exact) mass is 293 g/mol. The molecule has 0 aliphatic heterocycles. The van der Waals surface area contributed by atoms with Crippen LogP contribution in [0, 0.1) is 0 Å². The Morgan fingerprint density at radius 1 is 1.19 bits per heavy atom. The number of rotatable bonds is 8. The molecule has 1 aromatic carbocycles. The maximum atomic E-state index is 11.7. The van der Waals surface area contributed by atoms with Crippen LogP contribution in [0.5, 0.6) is 0 Å². The van der Waals surface area contributed by atoms with Crippen molar-refractivity contribution in [1.29, 1.82) is 0 Å². The van der Waals surface area contributed by atoms with E-state index in [4.69, 9.17) is 4.74 Å². The zero-order valence-corrected chi connectivity index (χ0v) is 12.8. The van der Waals surface area contributed by atoms with E-state index in [1.165, 1.54) is 0 Å². The van der Waals surface area contributed by atoms with Crippen molar-refractivity contribution >= 4 is 17.6 Å². The molecule has 2 N–H and O–H groups in total. The third kappa shape index (κ3) is 5.19. The smallest absolute Gasteiger partial charge is 0.313 e. The number of amides is 1. The molecule has 0 aromatic heterocycles. The van der Waals surface area contributed by atoms with Gasteiger partial charge >= 0.3 is 5.97 Å². The van der Waals surface area contributed by atoms with Crippen LogP contribution in [0.4, 0.5) is 5.69 Å². The van der Waals surface area contributed by atoms with Gasteiger partial charge in [-0.1, -0.05) is 12.1 Å². The normalized spacial score (nSPS) is 11.2. The summed E-state index contributed by atoms with van der Waals surface area (Å²) >= 11 is 0. The molecule has 1 aromatic rings. The number of carbonyl (C=O) groups excluding carboxylic acids is 1. The highest BCUT2D eigenvalue weighted by molar-refractivity contribution is 5.90. The summed E-state index contributed by atoms with van der Waals surface area (Å²) in [4.78, 5) is 22.9. The topological polar surface area (TPSA) is 75.6 Å². The third-order valence-corrected chi connectivity index (χ3v) is 3.43. The van der Waals surface area contributed by atoms with Crippen LogP contribution in [-0.4, -0.2) is 30.7 Å². The van der Waals surface area contributed by atoms with Gasteiger partial charge in [0.15, 0.2) is 0 Å². The lowest BCUT2D eigenvalue weighted by Gasteiger charge is -2.19. The number of benzene rings is 1. The van der Waals surface area contributed by atoms with Gasteiger partial charge in [-0.05, 0) is 44.4 Å². The Bertz CT molecular complexity index is 480. The number of carboxylic acids is 1. The molecule has 0 unspecified atom stereocenters. The first-order valence-corrected chi connectivity index (χ1v) is 7.00. The number of hydrogen-bond acceptors (Lipinski definition) is 3. The van der Waals surface area contributed by atoms with Gasteiger partial charge in [0, 0.05) is 25.8 Å². The molecule has 0 heterocycles. The lowest BCUT2D eigenvalue weighted by atomic mass is 9.85. The van der Waals surface area contributed by atoms with Crippen molar-refractivity contribution in [3.05, 3.63) is 29.8 Å². The minimum Gasteiger partial charge on any atom is -0.481 e. The largest absolute Gasteiger partial charge is 0.481 e. The molecule has 1 rings (SSSR count). The Balaban J connectivity index is 2.55. The van der Waals surface area contributed by atoms with Crippen LogP contribution in [0.15, 0.2) is 24.3 Å². The van der Waals surface area contributed by atoms with Crippen molar-refractivity contribution in [2.45, 2.75) is 38.5 Å². The number of hydrogen-bond donors (Lipinski definition) is 2. The highest BCUT2D eigenvalue weighted by atomic mass is 16.5. The second-order valence-corrected chi connectivity index (χ2v) is 5.51. The molecule has 0 spiro atoms. The van der Waals surface area contributed by atoms with Crippen LogP contribution in [0.25, 0.3) is 0 Å². The molecular weight excluding hydrogens is 270 g/mol. The zero-order valence-electron chi connectivity index (χ0n) is 12.8. The number of aliphatic carboxylic acids is 1. The fourth-order valence-corrected chi connectivity index (χ4v) is 1.85. The minimum absolute atomic E-state index is 0.0450. The number of unbranched alkanes of at least 4 members (excludes halogenated alkanes) is 1.